The zero-order valence-corrected chi connectivity index (χ0v) is 17.0. The maximum Gasteiger partial charge on any atom is 0.425 e. The van der Waals surface area contributed by atoms with E-state index in [-0.39, 0.29) is 28.8 Å². The molecule has 0 spiro atoms. The lowest BCUT2D eigenvalue weighted by molar-refractivity contribution is -0.139. The van der Waals surface area contributed by atoms with Gasteiger partial charge in [0.1, 0.15) is 16.3 Å². The Kier molecular flexibility index (Phi) is 6.41. The molecule has 170 valence electrons. The predicted molar refractivity (Wildman–Crippen MR) is 110 cm³/mol. The average molecular weight is 475 g/mol. The average Bonchev–Trinajstić information content (AvgIpc) is 2.72. The van der Waals surface area contributed by atoms with E-state index in [1.165, 1.54) is 30.5 Å². The van der Waals surface area contributed by atoms with Crippen molar-refractivity contribution in [1.82, 2.24) is 9.97 Å². The molecule has 0 aliphatic rings. The van der Waals surface area contributed by atoms with Crippen molar-refractivity contribution >= 4 is 40.1 Å². The highest BCUT2D eigenvalue weighted by molar-refractivity contribution is 8.01. The van der Waals surface area contributed by atoms with E-state index in [1.54, 1.807) is 0 Å². The van der Waals surface area contributed by atoms with Crippen molar-refractivity contribution in [2.75, 3.05) is 12.4 Å². The molecule has 5 N–H and O–H groups in total. The molecule has 0 unspecified atom stereocenters. The van der Waals surface area contributed by atoms with E-state index in [4.69, 9.17) is 15.6 Å². The molecule has 2 aromatic heterocycles. The fourth-order valence-corrected chi connectivity index (χ4v) is 3.24. The summed E-state index contributed by atoms with van der Waals surface area (Å²) in [5.74, 6) is -0.551. The number of anilines is 2. The second-order valence-corrected chi connectivity index (χ2v) is 6.97. The number of nitrogens with zero attached hydrogens (tertiary/aromatic N) is 2. The summed E-state index contributed by atoms with van der Waals surface area (Å²) in [4.78, 5) is 6.80. The first-order valence-corrected chi connectivity index (χ1v) is 9.55. The Morgan fingerprint density at radius 2 is 1.78 bits per heavy atom. The number of allylic oxidation sites excluding steroid dienone is 1. The Morgan fingerprint density at radius 3 is 2.38 bits per heavy atom. The van der Waals surface area contributed by atoms with Crippen molar-refractivity contribution < 1.29 is 31.1 Å². The highest BCUT2D eigenvalue weighted by Crippen LogP contribution is 2.38. The molecule has 2 heterocycles. The van der Waals surface area contributed by atoms with Crippen LogP contribution in [0.5, 0.6) is 5.88 Å². The summed E-state index contributed by atoms with van der Waals surface area (Å²) >= 11 is -0.00694. The number of methoxy groups -OCH3 is 1. The highest BCUT2D eigenvalue weighted by Gasteiger charge is 2.37. The van der Waals surface area contributed by atoms with Crippen LogP contribution in [0.15, 0.2) is 47.5 Å². The zero-order chi connectivity index (χ0) is 23.7. The number of aromatic nitrogens is 2. The summed E-state index contributed by atoms with van der Waals surface area (Å²) in [7, 11) is 1.07. The fraction of sp³-hybridized carbons (Fsp3) is 0.158. The number of nitrogens with two attached hydrogens (primary N) is 2. The Morgan fingerprint density at radius 1 is 1.06 bits per heavy atom. The Hall–Kier alpha value is -3.19. The van der Waals surface area contributed by atoms with Crippen LogP contribution in [0.2, 0.25) is 0 Å². The van der Waals surface area contributed by atoms with Crippen LogP contribution in [0.1, 0.15) is 11.1 Å². The van der Waals surface area contributed by atoms with Crippen molar-refractivity contribution in [3.8, 4) is 5.88 Å². The summed E-state index contributed by atoms with van der Waals surface area (Å²) in [6.45, 7) is 0. The van der Waals surface area contributed by atoms with Gasteiger partial charge >= 0.3 is 12.4 Å². The molecule has 0 aliphatic carbocycles. The molecule has 0 bridgehead atoms. The number of alkyl halides is 6. The van der Waals surface area contributed by atoms with Gasteiger partial charge in [-0.3, -0.25) is 10.1 Å². The summed E-state index contributed by atoms with van der Waals surface area (Å²) in [6, 6.07) is 7.66. The minimum absolute atomic E-state index is 0.00694. The molecule has 6 nitrogen and oxygen atoms in total. The van der Waals surface area contributed by atoms with Gasteiger partial charge in [-0.05, 0) is 36.2 Å². The normalized spacial score (nSPS) is 13.1. The lowest BCUT2D eigenvalue weighted by Crippen LogP contribution is -2.16. The second kappa shape index (κ2) is 8.74. The third-order valence-electron chi connectivity index (χ3n) is 4.30. The Labute approximate surface area is 181 Å². The van der Waals surface area contributed by atoms with Gasteiger partial charge in [0.2, 0.25) is 5.88 Å². The number of hydrogen-bond acceptors (Lipinski definition) is 7. The Balaban J connectivity index is 2.01. The maximum atomic E-state index is 13.1. The van der Waals surface area contributed by atoms with E-state index in [0.29, 0.717) is 11.1 Å². The van der Waals surface area contributed by atoms with E-state index in [2.05, 4.69) is 15.3 Å². The van der Waals surface area contributed by atoms with Gasteiger partial charge in [-0.15, -0.1) is 0 Å². The number of halogens is 6. The molecule has 3 aromatic rings. The van der Waals surface area contributed by atoms with Crippen LogP contribution in [0.4, 0.5) is 37.8 Å². The largest absolute Gasteiger partial charge is 0.481 e. The van der Waals surface area contributed by atoms with Crippen molar-refractivity contribution in [2.24, 2.45) is 10.9 Å². The van der Waals surface area contributed by atoms with Gasteiger partial charge in [0.15, 0.2) is 0 Å². The van der Waals surface area contributed by atoms with Crippen molar-refractivity contribution in [3.05, 3.63) is 58.6 Å². The van der Waals surface area contributed by atoms with Gasteiger partial charge < -0.3 is 15.8 Å². The van der Waals surface area contributed by atoms with E-state index in [0.717, 1.165) is 19.2 Å². The molecule has 0 saturated carbocycles. The first-order valence-electron chi connectivity index (χ1n) is 8.67. The van der Waals surface area contributed by atoms with Crippen LogP contribution in [-0.4, -0.2) is 23.3 Å². The molecule has 0 radical (unpaired) electrons. The molecule has 1 aromatic carbocycles. The lowest BCUT2D eigenvalue weighted by atomic mass is 10.1. The molecule has 32 heavy (non-hydrogen) atoms. The van der Waals surface area contributed by atoms with Gasteiger partial charge in [-0.1, -0.05) is 12.1 Å². The predicted octanol–water partition coefficient (Wildman–Crippen LogP) is 5.20. The summed E-state index contributed by atoms with van der Waals surface area (Å²) < 4.78 is 83.1. The van der Waals surface area contributed by atoms with Gasteiger partial charge in [0.25, 0.3) is 0 Å². The molecule has 0 aliphatic heterocycles. The molecule has 13 heteroatoms. The smallest absolute Gasteiger partial charge is 0.425 e. The van der Waals surface area contributed by atoms with Crippen molar-refractivity contribution in [2.45, 2.75) is 12.4 Å². The van der Waals surface area contributed by atoms with Gasteiger partial charge in [-0.2, -0.15) is 31.3 Å². The molecule has 0 saturated heterocycles. The second-order valence-electron chi connectivity index (χ2n) is 6.32. The highest BCUT2D eigenvalue weighted by atomic mass is 32.2. The minimum atomic E-state index is -4.72. The minimum Gasteiger partial charge on any atom is -0.481 e. The van der Waals surface area contributed by atoms with Crippen LogP contribution < -0.4 is 20.9 Å². The third-order valence-corrected chi connectivity index (χ3v) is 4.98. The number of rotatable bonds is 5. The van der Waals surface area contributed by atoms with Crippen LogP contribution in [-0.2, 0) is 6.18 Å². The van der Waals surface area contributed by atoms with Crippen LogP contribution in [0.25, 0.3) is 16.6 Å². The van der Waals surface area contributed by atoms with E-state index in [9.17, 15) is 26.3 Å². The SMILES string of the molecule is COc1nc(Nc2ccnc3cc(/C(N)=C(/SN)C(F)(F)F)ccc23)ccc1C(F)(F)F. The summed E-state index contributed by atoms with van der Waals surface area (Å²) in [5.41, 5.74) is 4.83. The molecule has 0 atom stereocenters. The van der Waals surface area contributed by atoms with Gasteiger partial charge in [0, 0.05) is 17.1 Å². The summed E-state index contributed by atoms with van der Waals surface area (Å²) in [6.07, 6.45) is -7.98. The maximum absolute atomic E-state index is 13.1. The third kappa shape index (κ3) is 4.83. The van der Waals surface area contributed by atoms with E-state index >= 15 is 0 Å². The first-order chi connectivity index (χ1) is 15.0. The van der Waals surface area contributed by atoms with Crippen LogP contribution in [0.3, 0.4) is 0 Å². The monoisotopic (exact) mass is 475 g/mol. The van der Waals surface area contributed by atoms with Gasteiger partial charge in [0.05, 0.1) is 24.0 Å². The van der Waals surface area contributed by atoms with Crippen LogP contribution in [0, 0.1) is 0 Å². The number of benzene rings is 1. The number of hydrogen-bond donors (Lipinski definition) is 3. The van der Waals surface area contributed by atoms with E-state index in [1.807, 2.05) is 0 Å². The number of nitrogens with one attached hydrogen (secondary N) is 1. The fourth-order valence-electron chi connectivity index (χ4n) is 2.86. The quantitative estimate of drug-likeness (QED) is 0.345. The number of ether oxygens (including phenoxy) is 1. The molecule has 0 fully saturated rings. The van der Waals surface area contributed by atoms with Crippen molar-refractivity contribution in [3.63, 3.8) is 0 Å². The standard InChI is InChI=1S/C19H15F6N5OS/c1-31-17-11(18(20,21)22)4-5-14(30-17)29-12-6-7-28-13-8-9(2-3-10(12)13)15(26)16(32-27)19(23,24)25/h2-8H,26-27H2,1H3,(H,28,29,30)/b16-15-. The molecule has 0 amide bonds. The Bertz CT molecular complexity index is 1180. The van der Waals surface area contributed by atoms with Crippen molar-refractivity contribution in [1.29, 1.82) is 0 Å². The first kappa shape index (κ1) is 23.5. The van der Waals surface area contributed by atoms with E-state index < -0.39 is 34.4 Å². The molecule has 3 rings (SSSR count). The summed E-state index contributed by atoms with van der Waals surface area (Å²) in [5, 5.41) is 8.46. The lowest BCUT2D eigenvalue weighted by Gasteiger charge is -2.15. The zero-order valence-electron chi connectivity index (χ0n) is 16.2. The number of fused-ring (bicyclic) bond motifs is 1. The molecular formula is C19H15F6N5OS. The number of pyridine rings is 2. The molecular weight excluding hydrogens is 460 g/mol. The van der Waals surface area contributed by atoms with Crippen LogP contribution >= 0.6 is 11.9 Å². The van der Waals surface area contributed by atoms with Gasteiger partial charge in [-0.25, -0.2) is 0 Å². The topological polar surface area (TPSA) is 99.1 Å².